The number of hydrogen-bond donors (Lipinski definition) is 2. The predicted molar refractivity (Wildman–Crippen MR) is 86.7 cm³/mol. The van der Waals surface area contributed by atoms with Crippen molar-refractivity contribution in [3.8, 4) is 5.75 Å². The van der Waals surface area contributed by atoms with E-state index in [1.54, 1.807) is 0 Å². The molecule has 118 valence electrons. The summed E-state index contributed by atoms with van der Waals surface area (Å²) in [5, 5.41) is 13.5. The van der Waals surface area contributed by atoms with E-state index in [4.69, 9.17) is 4.74 Å². The van der Waals surface area contributed by atoms with Gasteiger partial charge in [0.15, 0.2) is 0 Å². The number of ether oxygens (including phenoxy) is 1. The van der Waals surface area contributed by atoms with Crippen molar-refractivity contribution in [2.75, 3.05) is 13.2 Å². The van der Waals surface area contributed by atoms with E-state index in [9.17, 15) is 5.11 Å². The molecule has 0 aliphatic heterocycles. The first kappa shape index (κ1) is 16.3. The Morgan fingerprint density at radius 3 is 2.81 bits per heavy atom. The van der Waals surface area contributed by atoms with Crippen molar-refractivity contribution in [2.45, 2.75) is 58.1 Å². The molecule has 0 saturated heterocycles. The van der Waals surface area contributed by atoms with Crippen molar-refractivity contribution < 1.29 is 9.84 Å². The summed E-state index contributed by atoms with van der Waals surface area (Å²) in [7, 11) is 0. The van der Waals surface area contributed by atoms with Gasteiger partial charge in [0.05, 0.1) is 0 Å². The van der Waals surface area contributed by atoms with Gasteiger partial charge in [-0.25, -0.2) is 0 Å². The third kappa shape index (κ3) is 5.33. The number of aryl methyl sites for hydroxylation is 1. The van der Waals surface area contributed by atoms with Gasteiger partial charge >= 0.3 is 0 Å². The molecule has 0 radical (unpaired) electrons. The van der Waals surface area contributed by atoms with Crippen molar-refractivity contribution in [1.82, 2.24) is 5.32 Å². The standard InChI is InChI=1S/C18H29NO2/c1-3-15-7-6-10-18(11-15)21-13-17(20)12-19-14(2)16-8-4-5-9-16/h6-7,10-11,14,16-17,19-20H,3-5,8-9,12-13H2,1-2H3/t14-,17?/m1/s1. The Kier molecular flexibility index (Phi) is 6.52. The quantitative estimate of drug-likeness (QED) is 0.773. The molecular formula is C18H29NO2. The lowest BCUT2D eigenvalue weighted by atomic mass is 10.00. The van der Waals surface area contributed by atoms with Gasteiger partial charge in [-0.05, 0) is 49.8 Å². The predicted octanol–water partition coefficient (Wildman–Crippen LogP) is 3.16. The minimum absolute atomic E-state index is 0.345. The Hall–Kier alpha value is -1.06. The van der Waals surface area contributed by atoms with Crippen LogP contribution in [0.5, 0.6) is 5.75 Å². The van der Waals surface area contributed by atoms with Gasteiger partial charge in [-0.15, -0.1) is 0 Å². The molecule has 0 aromatic heterocycles. The Bertz CT molecular complexity index is 415. The van der Waals surface area contributed by atoms with E-state index in [0.29, 0.717) is 19.2 Å². The fraction of sp³-hybridized carbons (Fsp3) is 0.667. The fourth-order valence-electron chi connectivity index (χ4n) is 3.05. The van der Waals surface area contributed by atoms with E-state index in [0.717, 1.165) is 18.1 Å². The number of aliphatic hydroxyl groups excluding tert-OH is 1. The summed E-state index contributed by atoms with van der Waals surface area (Å²) in [6.07, 6.45) is 5.90. The molecule has 3 heteroatoms. The van der Waals surface area contributed by atoms with Gasteiger partial charge in [0.25, 0.3) is 0 Å². The van der Waals surface area contributed by atoms with Gasteiger partial charge < -0.3 is 15.2 Å². The van der Waals surface area contributed by atoms with Crippen LogP contribution in [-0.2, 0) is 6.42 Å². The molecule has 2 atom stereocenters. The van der Waals surface area contributed by atoms with Gasteiger partial charge in [0.2, 0.25) is 0 Å². The summed E-state index contributed by atoms with van der Waals surface area (Å²) in [4.78, 5) is 0. The maximum Gasteiger partial charge on any atom is 0.119 e. The Morgan fingerprint density at radius 2 is 2.10 bits per heavy atom. The summed E-state index contributed by atoms with van der Waals surface area (Å²) in [6, 6.07) is 8.57. The Morgan fingerprint density at radius 1 is 1.33 bits per heavy atom. The highest BCUT2D eigenvalue weighted by molar-refractivity contribution is 5.28. The minimum atomic E-state index is -0.459. The first-order chi connectivity index (χ1) is 10.2. The zero-order valence-electron chi connectivity index (χ0n) is 13.3. The summed E-state index contributed by atoms with van der Waals surface area (Å²) in [5.74, 6) is 1.62. The summed E-state index contributed by atoms with van der Waals surface area (Å²) in [6.45, 7) is 5.30. The largest absolute Gasteiger partial charge is 0.491 e. The van der Waals surface area contributed by atoms with Gasteiger partial charge in [0.1, 0.15) is 18.5 Å². The Labute approximate surface area is 128 Å². The molecule has 2 N–H and O–H groups in total. The molecule has 2 rings (SSSR count). The highest BCUT2D eigenvalue weighted by Gasteiger charge is 2.21. The molecule has 1 saturated carbocycles. The van der Waals surface area contributed by atoms with Gasteiger partial charge in [-0.2, -0.15) is 0 Å². The van der Waals surface area contributed by atoms with Gasteiger partial charge in [-0.3, -0.25) is 0 Å². The van der Waals surface area contributed by atoms with Gasteiger partial charge in [-0.1, -0.05) is 31.9 Å². The van der Waals surface area contributed by atoms with E-state index in [2.05, 4.69) is 25.2 Å². The first-order valence-electron chi connectivity index (χ1n) is 8.32. The molecule has 3 nitrogen and oxygen atoms in total. The highest BCUT2D eigenvalue weighted by atomic mass is 16.5. The molecule has 1 aliphatic rings. The second-order valence-corrected chi connectivity index (χ2v) is 6.21. The van der Waals surface area contributed by atoms with Crippen molar-refractivity contribution in [3.63, 3.8) is 0 Å². The van der Waals surface area contributed by atoms with Crippen LogP contribution in [0.4, 0.5) is 0 Å². The Balaban J connectivity index is 1.67. The molecule has 0 spiro atoms. The lowest BCUT2D eigenvalue weighted by Crippen LogP contribution is -2.39. The van der Waals surface area contributed by atoms with E-state index in [1.165, 1.54) is 31.2 Å². The smallest absolute Gasteiger partial charge is 0.119 e. The SMILES string of the molecule is CCc1cccc(OCC(O)CN[C@H](C)C2CCCC2)c1. The molecular weight excluding hydrogens is 262 g/mol. The van der Waals surface area contributed by atoms with Gasteiger partial charge in [0, 0.05) is 12.6 Å². The van der Waals surface area contributed by atoms with Crippen LogP contribution in [0.25, 0.3) is 0 Å². The van der Waals surface area contributed by atoms with Crippen LogP contribution in [0.1, 0.15) is 45.1 Å². The number of benzene rings is 1. The zero-order valence-corrected chi connectivity index (χ0v) is 13.3. The second kappa shape index (κ2) is 8.40. The van der Waals surface area contributed by atoms with Crippen LogP contribution in [0.15, 0.2) is 24.3 Å². The van der Waals surface area contributed by atoms with E-state index < -0.39 is 6.10 Å². The van der Waals surface area contributed by atoms with Crippen molar-refractivity contribution in [1.29, 1.82) is 0 Å². The molecule has 1 fully saturated rings. The topological polar surface area (TPSA) is 41.5 Å². The van der Waals surface area contributed by atoms with E-state index in [1.807, 2.05) is 18.2 Å². The molecule has 1 unspecified atom stereocenters. The minimum Gasteiger partial charge on any atom is -0.491 e. The molecule has 1 aromatic carbocycles. The molecule has 0 heterocycles. The summed E-state index contributed by atoms with van der Waals surface area (Å²) < 4.78 is 5.68. The fourth-order valence-corrected chi connectivity index (χ4v) is 3.05. The number of aliphatic hydroxyl groups is 1. The molecule has 0 bridgehead atoms. The average Bonchev–Trinajstić information content (AvgIpc) is 3.05. The maximum absolute atomic E-state index is 10.0. The van der Waals surface area contributed by atoms with Crippen LogP contribution in [-0.4, -0.2) is 30.4 Å². The van der Waals surface area contributed by atoms with Crippen molar-refractivity contribution in [2.24, 2.45) is 5.92 Å². The number of nitrogens with one attached hydrogen (secondary N) is 1. The molecule has 21 heavy (non-hydrogen) atoms. The number of hydrogen-bond acceptors (Lipinski definition) is 3. The van der Waals surface area contributed by atoms with Crippen LogP contribution >= 0.6 is 0 Å². The molecule has 1 aromatic rings. The third-order valence-electron chi connectivity index (χ3n) is 4.53. The normalized spacial score (nSPS) is 18.6. The lowest BCUT2D eigenvalue weighted by Gasteiger charge is -2.22. The monoisotopic (exact) mass is 291 g/mol. The summed E-state index contributed by atoms with van der Waals surface area (Å²) >= 11 is 0. The summed E-state index contributed by atoms with van der Waals surface area (Å²) in [5.41, 5.74) is 1.26. The third-order valence-corrected chi connectivity index (χ3v) is 4.53. The van der Waals surface area contributed by atoms with Crippen LogP contribution in [0.3, 0.4) is 0 Å². The van der Waals surface area contributed by atoms with Crippen LogP contribution < -0.4 is 10.1 Å². The van der Waals surface area contributed by atoms with Crippen LogP contribution in [0, 0.1) is 5.92 Å². The molecule has 0 amide bonds. The average molecular weight is 291 g/mol. The van der Waals surface area contributed by atoms with E-state index in [-0.39, 0.29) is 0 Å². The first-order valence-corrected chi connectivity index (χ1v) is 8.32. The maximum atomic E-state index is 10.0. The molecule has 1 aliphatic carbocycles. The number of rotatable bonds is 8. The van der Waals surface area contributed by atoms with E-state index >= 15 is 0 Å². The lowest BCUT2D eigenvalue weighted by molar-refractivity contribution is 0.102. The van der Waals surface area contributed by atoms with Crippen LogP contribution in [0.2, 0.25) is 0 Å². The second-order valence-electron chi connectivity index (χ2n) is 6.21. The zero-order chi connectivity index (χ0) is 15.1. The van der Waals surface area contributed by atoms with Crippen molar-refractivity contribution >= 4 is 0 Å². The highest BCUT2D eigenvalue weighted by Crippen LogP contribution is 2.27. The van der Waals surface area contributed by atoms with Crippen molar-refractivity contribution in [3.05, 3.63) is 29.8 Å².